The summed E-state index contributed by atoms with van der Waals surface area (Å²) in [5.74, 6) is 6.03. The van der Waals surface area contributed by atoms with Crippen molar-refractivity contribution in [3.8, 4) is 0 Å². The van der Waals surface area contributed by atoms with E-state index in [-0.39, 0.29) is 6.04 Å². The van der Waals surface area contributed by atoms with Gasteiger partial charge in [0, 0.05) is 10.4 Å². The number of hydrogen-bond donors (Lipinski definition) is 4. The topological polar surface area (TPSA) is 92.7 Å². The molecule has 0 aliphatic heterocycles. The summed E-state index contributed by atoms with van der Waals surface area (Å²) in [4.78, 5) is 1.11. The fourth-order valence-corrected chi connectivity index (χ4v) is 2.12. The van der Waals surface area contributed by atoms with Gasteiger partial charge in [-0.1, -0.05) is 6.07 Å². The van der Waals surface area contributed by atoms with Crippen molar-refractivity contribution in [2.24, 2.45) is 5.84 Å². The summed E-state index contributed by atoms with van der Waals surface area (Å²) in [5, 5.41) is 8.54. The Morgan fingerprint density at radius 3 is 2.93 bits per heavy atom. The van der Waals surface area contributed by atoms with E-state index in [1.807, 2.05) is 17.5 Å². The molecule has 14 heavy (non-hydrogen) atoms. The minimum Gasteiger partial charge on any atom is -0.384 e. The largest absolute Gasteiger partial charge is 0.384 e. The lowest BCUT2D eigenvalue weighted by Gasteiger charge is -2.12. The summed E-state index contributed by atoms with van der Waals surface area (Å²) in [5.41, 5.74) is 9.30. The van der Waals surface area contributed by atoms with Crippen LogP contribution < -0.4 is 17.0 Å². The van der Waals surface area contributed by atoms with Crippen molar-refractivity contribution < 1.29 is 0 Å². The van der Waals surface area contributed by atoms with Crippen LogP contribution in [0, 0.1) is 0 Å². The van der Waals surface area contributed by atoms with Gasteiger partial charge in [0.15, 0.2) is 0 Å². The van der Waals surface area contributed by atoms with Gasteiger partial charge in [-0.25, -0.2) is 5.43 Å². The first-order valence-corrected chi connectivity index (χ1v) is 4.99. The standard InChI is InChI=1S/C8H11N5S/c9-8-5(4-11-13-8)7(12-10)6-2-1-3-14-6/h1-4,7,12H,10H2,(H3,9,11,13). The molecule has 2 aromatic heterocycles. The minimum absolute atomic E-state index is 0.0891. The molecule has 6 N–H and O–H groups in total. The number of aromatic nitrogens is 2. The van der Waals surface area contributed by atoms with Crippen molar-refractivity contribution in [1.82, 2.24) is 15.6 Å². The van der Waals surface area contributed by atoms with E-state index < -0.39 is 0 Å². The molecule has 1 unspecified atom stereocenters. The van der Waals surface area contributed by atoms with Gasteiger partial charge in [0.05, 0.1) is 12.2 Å². The van der Waals surface area contributed by atoms with E-state index in [4.69, 9.17) is 11.6 Å². The van der Waals surface area contributed by atoms with Crippen molar-refractivity contribution in [3.63, 3.8) is 0 Å². The number of rotatable bonds is 3. The van der Waals surface area contributed by atoms with Crippen LogP contribution >= 0.6 is 11.3 Å². The highest BCUT2D eigenvalue weighted by molar-refractivity contribution is 7.10. The average Bonchev–Trinajstić information content (AvgIpc) is 2.80. The fraction of sp³-hybridized carbons (Fsp3) is 0.125. The molecule has 5 nitrogen and oxygen atoms in total. The number of thiophene rings is 1. The van der Waals surface area contributed by atoms with Gasteiger partial charge < -0.3 is 5.73 Å². The number of anilines is 1. The van der Waals surface area contributed by atoms with Gasteiger partial charge in [0.1, 0.15) is 5.82 Å². The van der Waals surface area contributed by atoms with Crippen LogP contribution in [0.3, 0.4) is 0 Å². The van der Waals surface area contributed by atoms with Crippen LogP contribution in [-0.2, 0) is 0 Å². The molecule has 0 saturated heterocycles. The first kappa shape index (κ1) is 9.20. The Kier molecular flexibility index (Phi) is 2.49. The molecule has 0 amide bonds. The van der Waals surface area contributed by atoms with Crippen LogP contribution in [0.15, 0.2) is 23.7 Å². The Hall–Kier alpha value is -1.37. The SMILES string of the molecule is NNC(c1cccs1)c1cn[nH]c1N. The van der Waals surface area contributed by atoms with Crippen LogP contribution in [0.5, 0.6) is 0 Å². The highest BCUT2D eigenvalue weighted by Crippen LogP contribution is 2.27. The smallest absolute Gasteiger partial charge is 0.124 e. The first-order valence-electron chi connectivity index (χ1n) is 4.11. The van der Waals surface area contributed by atoms with Gasteiger partial charge in [-0.2, -0.15) is 5.10 Å². The van der Waals surface area contributed by atoms with Crippen molar-refractivity contribution in [1.29, 1.82) is 0 Å². The Labute approximate surface area is 85.1 Å². The molecule has 1 atom stereocenters. The highest BCUT2D eigenvalue weighted by atomic mass is 32.1. The van der Waals surface area contributed by atoms with Crippen LogP contribution in [-0.4, -0.2) is 10.2 Å². The molecule has 0 saturated carbocycles. The van der Waals surface area contributed by atoms with E-state index in [0.717, 1.165) is 10.4 Å². The highest BCUT2D eigenvalue weighted by Gasteiger charge is 2.17. The monoisotopic (exact) mass is 209 g/mol. The fourth-order valence-electron chi connectivity index (χ4n) is 1.32. The number of nitrogens with zero attached hydrogens (tertiary/aromatic N) is 1. The third-order valence-corrected chi connectivity index (χ3v) is 2.94. The van der Waals surface area contributed by atoms with Crippen LogP contribution in [0.2, 0.25) is 0 Å². The molecule has 0 aromatic carbocycles. The van der Waals surface area contributed by atoms with Crippen molar-refractivity contribution >= 4 is 17.2 Å². The lowest BCUT2D eigenvalue weighted by molar-refractivity contribution is 0.648. The van der Waals surface area contributed by atoms with Crippen LogP contribution in [0.4, 0.5) is 5.82 Å². The van der Waals surface area contributed by atoms with Crippen molar-refractivity contribution in [2.75, 3.05) is 5.73 Å². The molecule has 6 heteroatoms. The number of hydrogen-bond acceptors (Lipinski definition) is 5. The zero-order chi connectivity index (χ0) is 9.97. The lowest BCUT2D eigenvalue weighted by atomic mass is 10.1. The van der Waals surface area contributed by atoms with Crippen molar-refractivity contribution in [3.05, 3.63) is 34.2 Å². The number of nitrogens with two attached hydrogens (primary N) is 2. The molecule has 0 radical (unpaired) electrons. The molecule has 2 aromatic rings. The summed E-state index contributed by atoms with van der Waals surface area (Å²) in [7, 11) is 0. The van der Waals surface area contributed by atoms with Crippen LogP contribution in [0.1, 0.15) is 16.5 Å². The maximum Gasteiger partial charge on any atom is 0.124 e. The van der Waals surface area contributed by atoms with Gasteiger partial charge in [-0.3, -0.25) is 10.9 Å². The van der Waals surface area contributed by atoms with Gasteiger partial charge in [0.2, 0.25) is 0 Å². The van der Waals surface area contributed by atoms with Gasteiger partial charge in [0.25, 0.3) is 0 Å². The molecule has 0 aliphatic rings. The summed E-state index contributed by atoms with van der Waals surface area (Å²) < 4.78 is 0. The number of H-pyrrole nitrogens is 1. The van der Waals surface area contributed by atoms with Gasteiger partial charge >= 0.3 is 0 Å². The van der Waals surface area contributed by atoms with Gasteiger partial charge in [-0.15, -0.1) is 11.3 Å². The van der Waals surface area contributed by atoms with E-state index in [0.29, 0.717) is 5.82 Å². The van der Waals surface area contributed by atoms with Crippen LogP contribution in [0.25, 0.3) is 0 Å². The molecule has 2 rings (SSSR count). The second kappa shape index (κ2) is 3.79. The molecule has 74 valence electrons. The first-order chi connectivity index (χ1) is 6.83. The normalized spacial score (nSPS) is 12.9. The second-order valence-corrected chi connectivity index (χ2v) is 3.83. The molecule has 0 bridgehead atoms. The van der Waals surface area contributed by atoms with Crippen molar-refractivity contribution in [2.45, 2.75) is 6.04 Å². The number of nitrogens with one attached hydrogen (secondary N) is 2. The second-order valence-electron chi connectivity index (χ2n) is 2.85. The molecular weight excluding hydrogens is 198 g/mol. The zero-order valence-corrected chi connectivity index (χ0v) is 8.21. The van der Waals surface area contributed by atoms with Gasteiger partial charge in [-0.05, 0) is 11.4 Å². The molecule has 0 aliphatic carbocycles. The molecule has 0 fully saturated rings. The summed E-state index contributed by atoms with van der Waals surface area (Å²) >= 11 is 1.62. The van der Waals surface area contributed by atoms with E-state index >= 15 is 0 Å². The quantitative estimate of drug-likeness (QED) is 0.440. The number of hydrazine groups is 1. The number of aromatic amines is 1. The average molecular weight is 209 g/mol. The summed E-state index contributed by atoms with van der Waals surface area (Å²) in [6.45, 7) is 0. The minimum atomic E-state index is -0.0891. The number of nitrogen functional groups attached to an aromatic ring is 1. The Balaban J connectivity index is 2.36. The van der Waals surface area contributed by atoms with E-state index in [9.17, 15) is 0 Å². The molecular formula is C8H11N5S. The predicted molar refractivity (Wildman–Crippen MR) is 56.5 cm³/mol. The zero-order valence-electron chi connectivity index (χ0n) is 7.40. The molecule has 0 spiro atoms. The Bertz CT molecular complexity index is 394. The Morgan fingerprint density at radius 2 is 2.43 bits per heavy atom. The Morgan fingerprint density at radius 1 is 1.57 bits per heavy atom. The third kappa shape index (κ3) is 1.50. The maximum absolute atomic E-state index is 5.71. The van der Waals surface area contributed by atoms with E-state index in [1.54, 1.807) is 17.5 Å². The molecule has 2 heterocycles. The summed E-state index contributed by atoms with van der Waals surface area (Å²) in [6, 6.07) is 3.89. The lowest BCUT2D eigenvalue weighted by Crippen LogP contribution is -2.28. The predicted octanol–water partition coefficient (Wildman–Crippen LogP) is 0.606. The summed E-state index contributed by atoms with van der Waals surface area (Å²) in [6.07, 6.45) is 1.68. The van der Waals surface area contributed by atoms with E-state index in [1.165, 1.54) is 0 Å². The van der Waals surface area contributed by atoms with E-state index in [2.05, 4.69) is 15.6 Å². The third-order valence-electron chi connectivity index (χ3n) is 2.01. The maximum atomic E-state index is 5.71.